The highest BCUT2D eigenvalue weighted by atomic mass is 19.1. The summed E-state index contributed by atoms with van der Waals surface area (Å²) in [6.45, 7) is 2.02. The Morgan fingerprint density at radius 1 is 1.00 bits per heavy atom. The SMILES string of the molecule is COc1ccccc1NC(c1ccccn1)c1c(C)[nH]c2ccc(NC(=O)c3ccc(F)cc3)cc12. The highest BCUT2D eigenvalue weighted by Gasteiger charge is 2.23. The van der Waals surface area contributed by atoms with Crippen LogP contribution in [0.25, 0.3) is 10.9 Å². The molecule has 0 spiro atoms. The molecule has 0 fully saturated rings. The number of ether oxygens (including phenoxy) is 1. The fourth-order valence-electron chi connectivity index (χ4n) is 4.36. The Morgan fingerprint density at radius 3 is 2.53 bits per heavy atom. The Balaban J connectivity index is 1.56. The molecule has 0 saturated carbocycles. The number of benzene rings is 3. The molecule has 36 heavy (non-hydrogen) atoms. The van der Waals surface area contributed by atoms with Crippen LogP contribution in [0.4, 0.5) is 15.8 Å². The fourth-order valence-corrected chi connectivity index (χ4v) is 4.36. The summed E-state index contributed by atoms with van der Waals surface area (Å²) >= 11 is 0. The van der Waals surface area contributed by atoms with E-state index in [1.54, 1.807) is 13.3 Å². The molecule has 3 aromatic carbocycles. The van der Waals surface area contributed by atoms with Crippen LogP contribution in [-0.4, -0.2) is 23.0 Å². The first-order valence-corrected chi connectivity index (χ1v) is 11.5. The number of rotatable bonds is 7. The largest absolute Gasteiger partial charge is 0.495 e. The van der Waals surface area contributed by atoms with E-state index in [0.717, 1.165) is 39.3 Å². The lowest BCUT2D eigenvalue weighted by Gasteiger charge is -2.22. The highest BCUT2D eigenvalue weighted by Crippen LogP contribution is 2.37. The number of aromatic amines is 1. The number of hydrogen-bond acceptors (Lipinski definition) is 4. The van der Waals surface area contributed by atoms with Crippen LogP contribution in [0.1, 0.15) is 33.4 Å². The molecule has 1 unspecified atom stereocenters. The first-order chi connectivity index (χ1) is 17.5. The number of carbonyl (C=O) groups excluding carboxylic acids is 1. The predicted molar refractivity (Wildman–Crippen MR) is 140 cm³/mol. The van der Waals surface area contributed by atoms with Gasteiger partial charge in [0.25, 0.3) is 5.91 Å². The molecule has 6 nitrogen and oxygen atoms in total. The summed E-state index contributed by atoms with van der Waals surface area (Å²) in [7, 11) is 1.64. The molecule has 1 amide bonds. The van der Waals surface area contributed by atoms with E-state index in [9.17, 15) is 9.18 Å². The summed E-state index contributed by atoms with van der Waals surface area (Å²) in [5.41, 5.74) is 5.61. The quantitative estimate of drug-likeness (QED) is 0.249. The van der Waals surface area contributed by atoms with E-state index >= 15 is 0 Å². The number of amides is 1. The van der Waals surface area contributed by atoms with Crippen molar-refractivity contribution in [3.8, 4) is 5.75 Å². The first-order valence-electron chi connectivity index (χ1n) is 11.5. The third-order valence-corrected chi connectivity index (χ3v) is 6.08. The van der Waals surface area contributed by atoms with Crippen LogP contribution in [0, 0.1) is 12.7 Å². The van der Waals surface area contributed by atoms with Crippen LogP contribution in [0.2, 0.25) is 0 Å². The highest BCUT2D eigenvalue weighted by molar-refractivity contribution is 6.05. The van der Waals surface area contributed by atoms with Gasteiger partial charge in [0.05, 0.1) is 24.5 Å². The monoisotopic (exact) mass is 480 g/mol. The van der Waals surface area contributed by atoms with Crippen LogP contribution in [0.3, 0.4) is 0 Å². The van der Waals surface area contributed by atoms with Gasteiger partial charge in [-0.1, -0.05) is 18.2 Å². The molecule has 3 N–H and O–H groups in total. The Kier molecular flexibility index (Phi) is 6.36. The van der Waals surface area contributed by atoms with Gasteiger partial charge in [-0.25, -0.2) is 4.39 Å². The summed E-state index contributed by atoms with van der Waals surface area (Å²) in [5, 5.41) is 7.48. The smallest absolute Gasteiger partial charge is 0.255 e. The second-order valence-electron chi connectivity index (χ2n) is 8.42. The molecule has 0 aliphatic rings. The maximum absolute atomic E-state index is 13.3. The topological polar surface area (TPSA) is 79.0 Å². The second-order valence-corrected chi connectivity index (χ2v) is 8.42. The first kappa shape index (κ1) is 23.1. The fraction of sp³-hybridized carbons (Fsp3) is 0.103. The average Bonchev–Trinajstić information content (AvgIpc) is 3.23. The van der Waals surface area contributed by atoms with Gasteiger partial charge in [-0.2, -0.15) is 0 Å². The van der Waals surface area contributed by atoms with Gasteiger partial charge < -0.3 is 20.4 Å². The molecule has 5 rings (SSSR count). The van der Waals surface area contributed by atoms with Crippen molar-refractivity contribution in [2.45, 2.75) is 13.0 Å². The number of aryl methyl sites for hydroxylation is 1. The van der Waals surface area contributed by atoms with Crippen molar-refractivity contribution < 1.29 is 13.9 Å². The number of nitrogens with one attached hydrogen (secondary N) is 3. The molecule has 0 aliphatic heterocycles. The Hall–Kier alpha value is -4.65. The Morgan fingerprint density at radius 2 is 1.78 bits per heavy atom. The van der Waals surface area contributed by atoms with E-state index in [1.165, 1.54) is 24.3 Å². The van der Waals surface area contributed by atoms with Crippen molar-refractivity contribution in [2.75, 3.05) is 17.7 Å². The summed E-state index contributed by atoms with van der Waals surface area (Å²) in [4.78, 5) is 20.8. The number of H-pyrrole nitrogens is 1. The molecule has 0 bridgehead atoms. The van der Waals surface area contributed by atoms with E-state index in [1.807, 2.05) is 67.6 Å². The van der Waals surface area contributed by atoms with Crippen LogP contribution in [0.5, 0.6) is 5.75 Å². The van der Waals surface area contributed by atoms with Gasteiger partial charge in [0, 0.05) is 39.6 Å². The zero-order valence-electron chi connectivity index (χ0n) is 19.9. The number of aromatic nitrogens is 2. The van der Waals surface area contributed by atoms with Crippen LogP contribution < -0.4 is 15.4 Å². The minimum absolute atomic E-state index is 0.292. The molecule has 0 radical (unpaired) electrons. The third-order valence-electron chi connectivity index (χ3n) is 6.08. The number of carbonyl (C=O) groups is 1. The van der Waals surface area contributed by atoms with Crippen molar-refractivity contribution in [1.82, 2.24) is 9.97 Å². The standard InChI is InChI=1S/C29H25FN4O2/c1-18-27(28(25-8-5-6-16-31-25)34-24-7-3-4-9-26(24)36-2)22-17-21(14-15-23(22)32-18)33-29(35)19-10-12-20(30)13-11-19/h3-17,28,32,34H,1-2H3,(H,33,35). The number of anilines is 2. The number of para-hydroxylation sites is 2. The van der Waals surface area contributed by atoms with E-state index in [0.29, 0.717) is 11.3 Å². The molecule has 5 aromatic rings. The average molecular weight is 481 g/mol. The number of pyridine rings is 1. The van der Waals surface area contributed by atoms with Crippen LogP contribution in [0.15, 0.2) is 91.1 Å². The van der Waals surface area contributed by atoms with E-state index < -0.39 is 0 Å². The minimum Gasteiger partial charge on any atom is -0.495 e. The maximum Gasteiger partial charge on any atom is 0.255 e. The second kappa shape index (κ2) is 9.92. The molecule has 2 aromatic heterocycles. The predicted octanol–water partition coefficient (Wildman–Crippen LogP) is 6.47. The number of hydrogen-bond donors (Lipinski definition) is 3. The molecule has 1 atom stereocenters. The lowest BCUT2D eigenvalue weighted by Crippen LogP contribution is -2.15. The van der Waals surface area contributed by atoms with Gasteiger partial charge in [0.15, 0.2) is 0 Å². The Bertz CT molecular complexity index is 1510. The van der Waals surface area contributed by atoms with Crippen LogP contribution in [-0.2, 0) is 0 Å². The lowest BCUT2D eigenvalue weighted by atomic mass is 9.98. The summed E-state index contributed by atoms with van der Waals surface area (Å²) in [6, 6.07) is 24.4. The molecule has 7 heteroatoms. The van der Waals surface area contributed by atoms with Gasteiger partial charge in [-0.3, -0.25) is 9.78 Å². The number of halogens is 1. The van der Waals surface area contributed by atoms with Crippen molar-refractivity contribution in [1.29, 1.82) is 0 Å². The number of methoxy groups -OCH3 is 1. The minimum atomic E-state index is -0.386. The van der Waals surface area contributed by atoms with Crippen molar-refractivity contribution >= 4 is 28.2 Å². The van der Waals surface area contributed by atoms with E-state index in [-0.39, 0.29) is 17.8 Å². The molecule has 180 valence electrons. The Labute approximate surface area is 208 Å². The maximum atomic E-state index is 13.3. The van der Waals surface area contributed by atoms with Gasteiger partial charge in [0.1, 0.15) is 11.6 Å². The third kappa shape index (κ3) is 4.63. The van der Waals surface area contributed by atoms with Gasteiger partial charge in [-0.15, -0.1) is 0 Å². The summed E-state index contributed by atoms with van der Waals surface area (Å²) < 4.78 is 18.8. The number of nitrogens with zero attached hydrogens (tertiary/aromatic N) is 1. The number of fused-ring (bicyclic) bond motifs is 1. The van der Waals surface area contributed by atoms with Crippen molar-refractivity contribution in [3.63, 3.8) is 0 Å². The van der Waals surface area contributed by atoms with E-state index in [2.05, 4.69) is 20.6 Å². The zero-order chi connectivity index (χ0) is 25.1. The zero-order valence-corrected chi connectivity index (χ0v) is 19.9. The van der Waals surface area contributed by atoms with Crippen LogP contribution >= 0.6 is 0 Å². The normalized spacial score (nSPS) is 11.8. The molecule has 0 aliphatic carbocycles. The molecule has 0 saturated heterocycles. The molecular formula is C29H25FN4O2. The van der Waals surface area contributed by atoms with Gasteiger partial charge in [-0.05, 0) is 73.7 Å². The van der Waals surface area contributed by atoms with Crippen molar-refractivity contribution in [2.24, 2.45) is 0 Å². The van der Waals surface area contributed by atoms with Gasteiger partial charge >= 0.3 is 0 Å². The summed E-state index contributed by atoms with van der Waals surface area (Å²) in [5.74, 6) is 0.0308. The van der Waals surface area contributed by atoms with E-state index in [4.69, 9.17) is 4.74 Å². The molecule has 2 heterocycles. The van der Waals surface area contributed by atoms with Gasteiger partial charge in [0.2, 0.25) is 0 Å². The molecular weight excluding hydrogens is 455 g/mol. The lowest BCUT2D eigenvalue weighted by molar-refractivity contribution is 0.102. The van der Waals surface area contributed by atoms with Crippen molar-refractivity contribution in [3.05, 3.63) is 119 Å². The summed E-state index contributed by atoms with van der Waals surface area (Å²) in [6.07, 6.45) is 1.77.